The quantitative estimate of drug-likeness (QED) is 0.824. The molecule has 0 bridgehead atoms. The number of carbonyl (C=O) groups excluding carboxylic acids is 2. The SMILES string of the molecule is O=C1CCC[C@H]([C@@H](NC(=O)C2CCCCC2)C(=O)O)C1. The van der Waals surface area contributed by atoms with Crippen LogP contribution in [0.25, 0.3) is 0 Å². The molecule has 20 heavy (non-hydrogen) atoms. The van der Waals surface area contributed by atoms with Gasteiger partial charge in [0.05, 0.1) is 0 Å². The van der Waals surface area contributed by atoms with Crippen LogP contribution in [-0.4, -0.2) is 28.8 Å². The van der Waals surface area contributed by atoms with E-state index >= 15 is 0 Å². The minimum absolute atomic E-state index is 0.0510. The number of carbonyl (C=O) groups is 3. The van der Waals surface area contributed by atoms with Gasteiger partial charge in [-0.3, -0.25) is 9.59 Å². The van der Waals surface area contributed by atoms with Crippen LogP contribution in [0.2, 0.25) is 0 Å². The number of aliphatic carboxylic acids is 1. The van der Waals surface area contributed by atoms with Crippen molar-refractivity contribution >= 4 is 17.7 Å². The van der Waals surface area contributed by atoms with Crippen molar-refractivity contribution in [3.8, 4) is 0 Å². The first-order chi connectivity index (χ1) is 9.58. The Labute approximate surface area is 119 Å². The first kappa shape index (κ1) is 15.0. The topological polar surface area (TPSA) is 83.5 Å². The minimum Gasteiger partial charge on any atom is -0.480 e. The van der Waals surface area contributed by atoms with Crippen molar-refractivity contribution in [3.63, 3.8) is 0 Å². The van der Waals surface area contributed by atoms with E-state index in [2.05, 4.69) is 5.32 Å². The molecular formula is C15H23NO4. The lowest BCUT2D eigenvalue weighted by atomic mass is 9.82. The van der Waals surface area contributed by atoms with Gasteiger partial charge in [0.2, 0.25) is 5.91 Å². The zero-order valence-electron chi connectivity index (χ0n) is 11.8. The van der Waals surface area contributed by atoms with Crippen molar-refractivity contribution < 1.29 is 19.5 Å². The number of Topliss-reactive ketones (excluding diaryl/α,β-unsaturated/α-hetero) is 1. The fourth-order valence-electron chi connectivity index (χ4n) is 3.36. The Bertz CT molecular complexity index is 387. The summed E-state index contributed by atoms with van der Waals surface area (Å²) in [6.07, 6.45) is 7.18. The highest BCUT2D eigenvalue weighted by Crippen LogP contribution is 2.27. The van der Waals surface area contributed by atoms with E-state index in [1.807, 2.05) is 0 Å². The molecule has 2 N–H and O–H groups in total. The van der Waals surface area contributed by atoms with Crippen LogP contribution in [0.4, 0.5) is 0 Å². The van der Waals surface area contributed by atoms with E-state index in [4.69, 9.17) is 0 Å². The van der Waals surface area contributed by atoms with E-state index in [1.165, 1.54) is 0 Å². The van der Waals surface area contributed by atoms with Gasteiger partial charge in [-0.2, -0.15) is 0 Å². The molecule has 0 aromatic carbocycles. The van der Waals surface area contributed by atoms with Crippen molar-refractivity contribution in [2.24, 2.45) is 11.8 Å². The van der Waals surface area contributed by atoms with Crippen molar-refractivity contribution in [1.82, 2.24) is 5.32 Å². The summed E-state index contributed by atoms with van der Waals surface area (Å²) in [5, 5.41) is 12.0. The molecule has 0 radical (unpaired) electrons. The Hall–Kier alpha value is -1.39. The number of ketones is 1. The van der Waals surface area contributed by atoms with Gasteiger partial charge in [0, 0.05) is 18.8 Å². The molecule has 2 fully saturated rings. The van der Waals surface area contributed by atoms with Gasteiger partial charge < -0.3 is 10.4 Å². The first-order valence-electron chi connectivity index (χ1n) is 7.63. The van der Waals surface area contributed by atoms with E-state index in [0.717, 1.165) is 38.5 Å². The van der Waals surface area contributed by atoms with E-state index < -0.39 is 12.0 Å². The third-order valence-electron chi connectivity index (χ3n) is 4.53. The lowest BCUT2D eigenvalue weighted by Crippen LogP contribution is -2.49. The van der Waals surface area contributed by atoms with Gasteiger partial charge in [0.1, 0.15) is 11.8 Å². The molecular weight excluding hydrogens is 258 g/mol. The second-order valence-electron chi connectivity index (χ2n) is 6.05. The molecule has 2 aliphatic rings. The molecule has 0 aromatic heterocycles. The van der Waals surface area contributed by atoms with Gasteiger partial charge >= 0.3 is 5.97 Å². The van der Waals surface area contributed by atoms with Crippen molar-refractivity contribution in [2.45, 2.75) is 63.8 Å². The molecule has 5 nitrogen and oxygen atoms in total. The molecule has 0 saturated heterocycles. The third kappa shape index (κ3) is 3.81. The maximum atomic E-state index is 12.2. The van der Waals surface area contributed by atoms with Crippen molar-refractivity contribution in [2.75, 3.05) is 0 Å². The molecule has 0 aromatic rings. The molecule has 0 spiro atoms. The normalized spacial score (nSPS) is 26.0. The number of nitrogens with one attached hydrogen (secondary N) is 1. The highest BCUT2D eigenvalue weighted by molar-refractivity contribution is 5.86. The molecule has 2 atom stereocenters. The van der Waals surface area contributed by atoms with Gasteiger partial charge in [0.15, 0.2) is 0 Å². The number of rotatable bonds is 4. The summed E-state index contributed by atoms with van der Waals surface area (Å²) in [7, 11) is 0. The number of carboxylic acids is 1. The lowest BCUT2D eigenvalue weighted by Gasteiger charge is -2.29. The Balaban J connectivity index is 1.96. The fraction of sp³-hybridized carbons (Fsp3) is 0.800. The molecule has 1 amide bonds. The van der Waals surface area contributed by atoms with E-state index in [-0.39, 0.29) is 29.9 Å². The molecule has 0 aliphatic heterocycles. The Morgan fingerprint density at radius 1 is 1.10 bits per heavy atom. The zero-order valence-corrected chi connectivity index (χ0v) is 11.8. The van der Waals surface area contributed by atoms with Crippen LogP contribution < -0.4 is 5.32 Å². The van der Waals surface area contributed by atoms with Crippen LogP contribution in [0.1, 0.15) is 57.8 Å². The number of hydrogen-bond acceptors (Lipinski definition) is 3. The van der Waals surface area contributed by atoms with Gasteiger partial charge in [-0.1, -0.05) is 19.3 Å². The molecule has 2 aliphatic carbocycles. The molecule has 112 valence electrons. The number of amides is 1. The van der Waals surface area contributed by atoms with Crippen molar-refractivity contribution in [3.05, 3.63) is 0 Å². The van der Waals surface area contributed by atoms with Crippen LogP contribution in [-0.2, 0) is 14.4 Å². The molecule has 0 heterocycles. The highest BCUT2D eigenvalue weighted by atomic mass is 16.4. The first-order valence-corrected chi connectivity index (χ1v) is 7.63. The summed E-state index contributed by atoms with van der Waals surface area (Å²) in [5.74, 6) is -1.35. The summed E-state index contributed by atoms with van der Waals surface area (Å²) >= 11 is 0. The summed E-state index contributed by atoms with van der Waals surface area (Å²) in [6, 6.07) is -0.909. The number of hydrogen-bond donors (Lipinski definition) is 2. The van der Waals surface area contributed by atoms with Gasteiger partial charge in [-0.25, -0.2) is 4.79 Å². The fourth-order valence-corrected chi connectivity index (χ4v) is 3.36. The summed E-state index contributed by atoms with van der Waals surface area (Å²) in [6.45, 7) is 0. The third-order valence-corrected chi connectivity index (χ3v) is 4.53. The maximum absolute atomic E-state index is 12.2. The van der Waals surface area contributed by atoms with Crippen LogP contribution in [0, 0.1) is 11.8 Å². The number of carboxylic acid groups (broad SMARTS) is 1. The predicted molar refractivity (Wildman–Crippen MR) is 73.1 cm³/mol. The van der Waals surface area contributed by atoms with E-state index in [9.17, 15) is 19.5 Å². The summed E-state index contributed by atoms with van der Waals surface area (Å²) in [5.41, 5.74) is 0. The van der Waals surface area contributed by atoms with Gasteiger partial charge in [-0.15, -0.1) is 0 Å². The van der Waals surface area contributed by atoms with Crippen molar-refractivity contribution in [1.29, 1.82) is 0 Å². The lowest BCUT2D eigenvalue weighted by molar-refractivity contribution is -0.145. The second-order valence-corrected chi connectivity index (χ2v) is 6.05. The second kappa shape index (κ2) is 6.86. The summed E-state index contributed by atoms with van der Waals surface area (Å²) in [4.78, 5) is 35.1. The molecule has 5 heteroatoms. The average molecular weight is 281 g/mol. The maximum Gasteiger partial charge on any atom is 0.326 e. The van der Waals surface area contributed by atoms with Gasteiger partial charge in [-0.05, 0) is 31.6 Å². The average Bonchev–Trinajstić information content (AvgIpc) is 2.45. The standard InChI is InChI=1S/C15H23NO4/c17-12-8-4-7-11(9-12)13(15(19)20)16-14(18)10-5-2-1-3-6-10/h10-11,13H,1-9H2,(H,16,18)(H,19,20)/t11-,13+/m0/s1. The van der Waals surface area contributed by atoms with Crippen LogP contribution in [0.15, 0.2) is 0 Å². The minimum atomic E-state index is -1.02. The highest BCUT2D eigenvalue weighted by Gasteiger charge is 2.34. The van der Waals surface area contributed by atoms with Crippen LogP contribution in [0.5, 0.6) is 0 Å². The summed E-state index contributed by atoms with van der Waals surface area (Å²) < 4.78 is 0. The molecule has 0 unspecified atom stereocenters. The van der Waals surface area contributed by atoms with Crippen LogP contribution >= 0.6 is 0 Å². The van der Waals surface area contributed by atoms with Crippen LogP contribution in [0.3, 0.4) is 0 Å². The Kier molecular flexibility index (Phi) is 5.15. The largest absolute Gasteiger partial charge is 0.480 e. The molecule has 2 saturated carbocycles. The van der Waals surface area contributed by atoms with Gasteiger partial charge in [0.25, 0.3) is 0 Å². The van der Waals surface area contributed by atoms with E-state index in [0.29, 0.717) is 12.8 Å². The Morgan fingerprint density at radius 2 is 1.80 bits per heavy atom. The predicted octanol–water partition coefficient (Wildman–Crippen LogP) is 1.90. The Morgan fingerprint density at radius 3 is 2.40 bits per heavy atom. The molecule has 2 rings (SSSR count). The smallest absolute Gasteiger partial charge is 0.326 e. The van der Waals surface area contributed by atoms with E-state index in [1.54, 1.807) is 0 Å². The zero-order chi connectivity index (χ0) is 14.5. The monoisotopic (exact) mass is 281 g/mol.